The van der Waals surface area contributed by atoms with E-state index in [4.69, 9.17) is 9.47 Å². The molecule has 0 spiro atoms. The monoisotopic (exact) mass is 426 g/mol. The summed E-state index contributed by atoms with van der Waals surface area (Å²) in [6, 6.07) is 5.11. The highest BCUT2D eigenvalue weighted by Gasteiger charge is 2.28. The van der Waals surface area contributed by atoms with Crippen LogP contribution < -0.4 is 15.4 Å². The summed E-state index contributed by atoms with van der Waals surface area (Å²) in [5.74, 6) is -0.884. The van der Waals surface area contributed by atoms with Gasteiger partial charge in [0.05, 0.1) is 7.11 Å². The van der Waals surface area contributed by atoms with Gasteiger partial charge < -0.3 is 20.1 Å². The molecule has 2 amide bonds. The molecule has 0 radical (unpaired) electrons. The fourth-order valence-corrected chi connectivity index (χ4v) is 2.48. The lowest BCUT2D eigenvalue weighted by atomic mass is 10.1. The molecule has 142 valence electrons. The Morgan fingerprint density at radius 2 is 1.96 bits per heavy atom. The fraction of sp³-hybridized carbons (Fsp3) is 0.389. The Morgan fingerprint density at radius 1 is 1.27 bits per heavy atom. The highest BCUT2D eigenvalue weighted by atomic mass is 79.9. The van der Waals surface area contributed by atoms with Crippen molar-refractivity contribution in [3.8, 4) is 5.75 Å². The van der Waals surface area contributed by atoms with Crippen molar-refractivity contribution in [3.63, 3.8) is 0 Å². The highest BCUT2D eigenvalue weighted by Crippen LogP contribution is 2.31. The number of esters is 1. The fourth-order valence-electron chi connectivity index (χ4n) is 2.10. The number of amides is 2. The molecule has 0 saturated carbocycles. The maximum absolute atomic E-state index is 12.6. The van der Waals surface area contributed by atoms with Crippen LogP contribution in [0.25, 0.3) is 0 Å². The minimum atomic E-state index is -1.16. The number of benzene rings is 1. The average Bonchev–Trinajstić information content (AvgIpc) is 2.63. The number of nitrogens with one attached hydrogen (secondary N) is 2. The first-order valence-electron chi connectivity index (χ1n) is 8.13. The van der Waals surface area contributed by atoms with E-state index in [0.717, 1.165) is 10.5 Å². The first kappa shape index (κ1) is 21.7. The maximum atomic E-state index is 12.6. The molecule has 0 aliphatic carbocycles. The number of methoxy groups -OCH3 is 1. The van der Waals surface area contributed by atoms with E-state index in [-0.39, 0.29) is 25.4 Å². The summed E-state index contributed by atoms with van der Waals surface area (Å²) in [5.41, 5.74) is 0.430. The number of ether oxygens (including phenoxy) is 2. The van der Waals surface area contributed by atoms with Gasteiger partial charge >= 0.3 is 5.97 Å². The molecule has 0 aliphatic heterocycles. The summed E-state index contributed by atoms with van der Waals surface area (Å²) in [7, 11) is 1.47. The lowest BCUT2D eigenvalue weighted by Gasteiger charge is -2.20. The van der Waals surface area contributed by atoms with Crippen LogP contribution in [0.5, 0.6) is 5.75 Å². The molecule has 1 aromatic rings. The number of hydrogen-bond acceptors (Lipinski definition) is 5. The number of rotatable bonds is 10. The van der Waals surface area contributed by atoms with E-state index in [1.165, 1.54) is 7.11 Å². The van der Waals surface area contributed by atoms with Gasteiger partial charge in [-0.05, 0) is 30.7 Å². The maximum Gasteiger partial charge on any atom is 0.306 e. The van der Waals surface area contributed by atoms with Crippen LogP contribution in [0, 0.1) is 0 Å². The molecular formula is C18H23BrN2O5. The molecule has 2 N–H and O–H groups in total. The van der Waals surface area contributed by atoms with Crippen LogP contribution in [-0.2, 0) is 19.1 Å². The van der Waals surface area contributed by atoms with Crippen LogP contribution in [-0.4, -0.2) is 38.0 Å². The normalized spacial score (nSPS) is 11.2. The third-order valence-electron chi connectivity index (χ3n) is 3.32. The van der Waals surface area contributed by atoms with Crippen molar-refractivity contribution in [2.45, 2.75) is 25.9 Å². The molecule has 0 saturated heterocycles. The first-order chi connectivity index (χ1) is 12.4. The number of carbonyl (C=O) groups is 3. The van der Waals surface area contributed by atoms with Gasteiger partial charge in [0, 0.05) is 29.5 Å². The van der Waals surface area contributed by atoms with Gasteiger partial charge in [0.15, 0.2) is 0 Å². The molecular weight excluding hydrogens is 404 g/mol. The topological polar surface area (TPSA) is 93.7 Å². The van der Waals surface area contributed by atoms with Crippen LogP contribution in [0.15, 0.2) is 35.3 Å². The smallest absolute Gasteiger partial charge is 0.306 e. The van der Waals surface area contributed by atoms with Crippen molar-refractivity contribution < 1.29 is 23.9 Å². The summed E-state index contributed by atoms with van der Waals surface area (Å²) in [6.45, 7) is 5.59. The summed E-state index contributed by atoms with van der Waals surface area (Å²) >= 11 is 3.34. The molecule has 0 fully saturated rings. The van der Waals surface area contributed by atoms with Gasteiger partial charge in [-0.25, -0.2) is 0 Å². The molecule has 0 bridgehead atoms. The molecule has 8 heteroatoms. The second-order valence-corrected chi connectivity index (χ2v) is 6.21. The van der Waals surface area contributed by atoms with Gasteiger partial charge in [-0.15, -0.1) is 0 Å². The first-order valence-corrected chi connectivity index (χ1v) is 8.93. The van der Waals surface area contributed by atoms with Crippen molar-refractivity contribution in [2.24, 2.45) is 0 Å². The zero-order valence-electron chi connectivity index (χ0n) is 14.8. The van der Waals surface area contributed by atoms with Crippen molar-refractivity contribution >= 4 is 33.7 Å². The van der Waals surface area contributed by atoms with Crippen LogP contribution in [0.1, 0.15) is 31.4 Å². The Hall–Kier alpha value is -2.35. The lowest BCUT2D eigenvalue weighted by Crippen LogP contribution is -2.37. The van der Waals surface area contributed by atoms with Gasteiger partial charge in [0.1, 0.15) is 5.75 Å². The van der Waals surface area contributed by atoms with E-state index in [1.807, 2.05) is 6.92 Å². The van der Waals surface area contributed by atoms with Crippen molar-refractivity contribution in [2.75, 3.05) is 20.2 Å². The zero-order chi connectivity index (χ0) is 19.5. The number of halogens is 1. The summed E-state index contributed by atoms with van der Waals surface area (Å²) in [4.78, 5) is 35.7. The molecule has 1 unspecified atom stereocenters. The van der Waals surface area contributed by atoms with E-state index >= 15 is 0 Å². The van der Waals surface area contributed by atoms with E-state index in [1.54, 1.807) is 18.2 Å². The SMILES string of the molecule is C=CC(=O)NCCNC(=O)C(OC(=O)CCC)c1cc(Br)ccc1OC. The van der Waals surface area contributed by atoms with Gasteiger partial charge in [0.2, 0.25) is 12.0 Å². The van der Waals surface area contributed by atoms with E-state index in [2.05, 4.69) is 33.1 Å². The number of carbonyl (C=O) groups excluding carboxylic acids is 3. The van der Waals surface area contributed by atoms with Gasteiger partial charge in [-0.3, -0.25) is 14.4 Å². The second kappa shape index (κ2) is 11.3. The summed E-state index contributed by atoms with van der Waals surface area (Å²) in [5, 5.41) is 5.19. The van der Waals surface area contributed by atoms with Crippen LogP contribution in [0.3, 0.4) is 0 Å². The van der Waals surface area contributed by atoms with Gasteiger partial charge in [0.25, 0.3) is 5.91 Å². The minimum Gasteiger partial charge on any atom is -0.496 e. The van der Waals surface area contributed by atoms with Crippen LogP contribution in [0.4, 0.5) is 0 Å². The Kier molecular flexibility index (Phi) is 9.43. The Morgan fingerprint density at radius 3 is 2.58 bits per heavy atom. The number of hydrogen-bond donors (Lipinski definition) is 2. The Labute approximate surface area is 161 Å². The molecule has 1 rings (SSSR count). The molecule has 1 aromatic carbocycles. The second-order valence-electron chi connectivity index (χ2n) is 5.29. The molecule has 0 aliphatic rings. The predicted octanol–water partition coefficient (Wildman–Crippen LogP) is 2.26. The Balaban J connectivity index is 2.92. The molecule has 7 nitrogen and oxygen atoms in total. The third-order valence-corrected chi connectivity index (χ3v) is 3.82. The molecule has 0 heterocycles. The largest absolute Gasteiger partial charge is 0.496 e. The van der Waals surface area contributed by atoms with Gasteiger partial charge in [-0.1, -0.05) is 29.4 Å². The highest BCUT2D eigenvalue weighted by molar-refractivity contribution is 9.10. The van der Waals surface area contributed by atoms with Crippen molar-refractivity contribution in [3.05, 3.63) is 40.9 Å². The van der Waals surface area contributed by atoms with Crippen molar-refractivity contribution in [1.29, 1.82) is 0 Å². The quantitative estimate of drug-likeness (QED) is 0.340. The third kappa shape index (κ3) is 6.87. The predicted molar refractivity (Wildman–Crippen MR) is 101 cm³/mol. The van der Waals surface area contributed by atoms with E-state index in [9.17, 15) is 14.4 Å². The van der Waals surface area contributed by atoms with E-state index < -0.39 is 18.0 Å². The molecule has 1 atom stereocenters. The minimum absolute atomic E-state index is 0.177. The lowest BCUT2D eigenvalue weighted by molar-refractivity contribution is -0.156. The van der Waals surface area contributed by atoms with Gasteiger partial charge in [-0.2, -0.15) is 0 Å². The van der Waals surface area contributed by atoms with Crippen LogP contribution >= 0.6 is 15.9 Å². The van der Waals surface area contributed by atoms with Crippen LogP contribution in [0.2, 0.25) is 0 Å². The Bertz CT molecular complexity index is 663. The average molecular weight is 427 g/mol. The molecule has 26 heavy (non-hydrogen) atoms. The van der Waals surface area contributed by atoms with Crippen molar-refractivity contribution in [1.82, 2.24) is 10.6 Å². The van der Waals surface area contributed by atoms with E-state index in [0.29, 0.717) is 17.7 Å². The summed E-state index contributed by atoms with van der Waals surface area (Å²) < 4.78 is 11.4. The zero-order valence-corrected chi connectivity index (χ0v) is 16.4. The standard InChI is InChI=1S/C18H23BrN2O5/c1-4-6-16(23)26-17(13-11-12(19)7-8-14(13)25-3)18(24)21-10-9-20-15(22)5-2/h5,7-8,11,17H,2,4,6,9-10H2,1,3H3,(H,20,22)(H,21,24). The summed E-state index contributed by atoms with van der Waals surface area (Å²) in [6.07, 6.45) is 0.798. The molecule has 0 aromatic heterocycles.